The molecule has 0 aromatic carbocycles. The maximum Gasteiger partial charge on any atom is 0.311 e. The molecule has 0 N–H and O–H groups in total. The molecule has 2 unspecified atom stereocenters. The maximum absolute atomic E-state index is 12.2. The Labute approximate surface area is 135 Å². The van der Waals surface area contributed by atoms with E-state index in [1.54, 1.807) is 11.1 Å². The molecule has 124 valence electrons. The summed E-state index contributed by atoms with van der Waals surface area (Å²) in [5.41, 5.74) is 0.825. The molecule has 2 atom stereocenters. The first-order chi connectivity index (χ1) is 11.2. The van der Waals surface area contributed by atoms with Crippen LogP contribution in [0.3, 0.4) is 0 Å². The molecular formula is C17H22N2O4. The molecule has 0 aliphatic carbocycles. The summed E-state index contributed by atoms with van der Waals surface area (Å²) >= 11 is 0. The highest BCUT2D eigenvalue weighted by Crippen LogP contribution is 2.21. The monoisotopic (exact) mass is 318 g/mol. The number of amides is 1. The fourth-order valence-corrected chi connectivity index (χ4v) is 3.00. The Bertz CT molecular complexity index is 543. The number of nitrogens with zero attached hydrogens (tertiary/aromatic N) is 2. The molecule has 0 bridgehead atoms. The molecule has 2 aliphatic rings. The number of esters is 1. The molecule has 23 heavy (non-hydrogen) atoms. The van der Waals surface area contributed by atoms with E-state index >= 15 is 0 Å². The van der Waals surface area contributed by atoms with E-state index in [4.69, 9.17) is 9.47 Å². The lowest BCUT2D eigenvalue weighted by Crippen LogP contribution is -2.29. The third kappa shape index (κ3) is 4.28. The summed E-state index contributed by atoms with van der Waals surface area (Å²) in [7, 11) is 0. The van der Waals surface area contributed by atoms with E-state index in [1.165, 1.54) is 0 Å². The van der Waals surface area contributed by atoms with Gasteiger partial charge in [0.1, 0.15) is 6.61 Å². The number of rotatable bonds is 5. The first-order valence-corrected chi connectivity index (χ1v) is 8.18. The van der Waals surface area contributed by atoms with Gasteiger partial charge in [-0.15, -0.1) is 0 Å². The minimum Gasteiger partial charge on any atom is -0.463 e. The number of hydrogen-bond acceptors (Lipinski definition) is 5. The standard InChI is InChI=1S/C17H22N2O4/c20-16-9-13(10-19(16)11-14-5-1-3-7-18-14)17(21)23-12-15-6-2-4-8-22-15/h1,3,5,7,13,15H,2,4,6,8-12H2. The fraction of sp³-hybridized carbons (Fsp3) is 0.588. The van der Waals surface area contributed by atoms with Crippen molar-refractivity contribution >= 4 is 11.9 Å². The van der Waals surface area contributed by atoms with Crippen LogP contribution >= 0.6 is 0 Å². The van der Waals surface area contributed by atoms with Crippen molar-refractivity contribution in [3.63, 3.8) is 0 Å². The van der Waals surface area contributed by atoms with Gasteiger partial charge >= 0.3 is 5.97 Å². The van der Waals surface area contributed by atoms with Crippen LogP contribution in [-0.2, 0) is 25.6 Å². The highest BCUT2D eigenvalue weighted by molar-refractivity contribution is 5.86. The fourth-order valence-electron chi connectivity index (χ4n) is 3.00. The lowest BCUT2D eigenvalue weighted by atomic mass is 10.1. The van der Waals surface area contributed by atoms with E-state index in [-0.39, 0.29) is 30.3 Å². The van der Waals surface area contributed by atoms with E-state index in [9.17, 15) is 9.59 Å². The first-order valence-electron chi connectivity index (χ1n) is 8.18. The Morgan fingerprint density at radius 3 is 3.04 bits per heavy atom. The van der Waals surface area contributed by atoms with Gasteiger partial charge < -0.3 is 14.4 Å². The maximum atomic E-state index is 12.2. The second-order valence-corrected chi connectivity index (χ2v) is 6.12. The van der Waals surface area contributed by atoms with E-state index in [0.29, 0.717) is 19.7 Å². The topological polar surface area (TPSA) is 68.7 Å². The van der Waals surface area contributed by atoms with Crippen LogP contribution in [0.15, 0.2) is 24.4 Å². The van der Waals surface area contributed by atoms with Crippen LogP contribution in [0.4, 0.5) is 0 Å². The molecule has 6 heteroatoms. The zero-order valence-electron chi connectivity index (χ0n) is 13.1. The number of carbonyl (C=O) groups excluding carboxylic acids is 2. The Hall–Kier alpha value is -1.95. The lowest BCUT2D eigenvalue weighted by Gasteiger charge is -2.22. The zero-order chi connectivity index (χ0) is 16.1. The minimum absolute atomic E-state index is 0.00873. The molecule has 0 spiro atoms. The summed E-state index contributed by atoms with van der Waals surface area (Å²) in [5.74, 6) is -0.697. The average molecular weight is 318 g/mol. The number of aromatic nitrogens is 1. The van der Waals surface area contributed by atoms with Gasteiger partial charge in [-0.25, -0.2) is 0 Å². The predicted molar refractivity (Wildman–Crippen MR) is 82.3 cm³/mol. The minimum atomic E-state index is -0.380. The van der Waals surface area contributed by atoms with Gasteiger partial charge in [0.15, 0.2) is 0 Å². The summed E-state index contributed by atoms with van der Waals surface area (Å²) in [5, 5.41) is 0. The van der Waals surface area contributed by atoms with Crippen molar-refractivity contribution in [2.75, 3.05) is 19.8 Å². The van der Waals surface area contributed by atoms with Crippen LogP contribution in [0.2, 0.25) is 0 Å². The molecule has 3 rings (SSSR count). The van der Waals surface area contributed by atoms with Gasteiger partial charge in [0.25, 0.3) is 0 Å². The second kappa shape index (κ2) is 7.55. The Balaban J connectivity index is 1.47. The molecule has 0 radical (unpaired) electrons. The molecule has 1 aromatic rings. The number of hydrogen-bond donors (Lipinski definition) is 0. The van der Waals surface area contributed by atoms with Crippen LogP contribution in [0.25, 0.3) is 0 Å². The van der Waals surface area contributed by atoms with Crippen LogP contribution < -0.4 is 0 Å². The van der Waals surface area contributed by atoms with Crippen molar-refractivity contribution in [3.8, 4) is 0 Å². The van der Waals surface area contributed by atoms with Gasteiger partial charge in [0.2, 0.25) is 5.91 Å². The quantitative estimate of drug-likeness (QED) is 0.770. The molecule has 2 saturated heterocycles. The molecule has 0 saturated carbocycles. The summed E-state index contributed by atoms with van der Waals surface area (Å²) in [6, 6.07) is 5.60. The van der Waals surface area contributed by atoms with Crippen LogP contribution in [0.1, 0.15) is 31.4 Å². The molecule has 2 aliphatic heterocycles. The molecule has 6 nitrogen and oxygen atoms in total. The van der Waals surface area contributed by atoms with Crippen molar-refractivity contribution in [3.05, 3.63) is 30.1 Å². The van der Waals surface area contributed by atoms with E-state index in [0.717, 1.165) is 31.6 Å². The summed E-state index contributed by atoms with van der Waals surface area (Å²) in [6.45, 7) is 1.88. The third-order valence-electron chi connectivity index (χ3n) is 4.31. The van der Waals surface area contributed by atoms with Gasteiger partial charge in [0, 0.05) is 25.8 Å². The van der Waals surface area contributed by atoms with Crippen molar-refractivity contribution < 1.29 is 19.1 Å². The molecule has 1 aromatic heterocycles. The van der Waals surface area contributed by atoms with Crippen molar-refractivity contribution in [1.29, 1.82) is 0 Å². The van der Waals surface area contributed by atoms with Crippen molar-refractivity contribution in [2.24, 2.45) is 5.92 Å². The number of likely N-dealkylation sites (tertiary alicyclic amines) is 1. The van der Waals surface area contributed by atoms with Gasteiger partial charge in [-0.2, -0.15) is 0 Å². The lowest BCUT2D eigenvalue weighted by molar-refractivity contribution is -0.153. The largest absolute Gasteiger partial charge is 0.463 e. The third-order valence-corrected chi connectivity index (χ3v) is 4.31. The molecular weight excluding hydrogens is 296 g/mol. The predicted octanol–water partition coefficient (Wildman–Crippen LogP) is 1.54. The first kappa shape index (κ1) is 15.9. The Kier molecular flexibility index (Phi) is 5.23. The Morgan fingerprint density at radius 2 is 2.30 bits per heavy atom. The normalized spacial score (nSPS) is 24.7. The van der Waals surface area contributed by atoms with Crippen molar-refractivity contribution in [1.82, 2.24) is 9.88 Å². The number of ether oxygens (including phenoxy) is 2. The smallest absolute Gasteiger partial charge is 0.311 e. The molecule has 1 amide bonds. The van der Waals surface area contributed by atoms with Gasteiger partial charge in [-0.1, -0.05) is 6.07 Å². The zero-order valence-corrected chi connectivity index (χ0v) is 13.1. The summed E-state index contributed by atoms with van der Waals surface area (Å²) < 4.78 is 10.9. The van der Waals surface area contributed by atoms with E-state index in [2.05, 4.69) is 4.98 Å². The van der Waals surface area contributed by atoms with Crippen LogP contribution in [0, 0.1) is 5.92 Å². The summed E-state index contributed by atoms with van der Waals surface area (Å²) in [4.78, 5) is 30.1. The number of pyridine rings is 1. The molecule has 2 fully saturated rings. The van der Waals surface area contributed by atoms with E-state index < -0.39 is 0 Å². The van der Waals surface area contributed by atoms with Gasteiger partial charge in [-0.3, -0.25) is 14.6 Å². The highest BCUT2D eigenvalue weighted by atomic mass is 16.6. The summed E-state index contributed by atoms with van der Waals surface area (Å²) in [6.07, 6.45) is 5.05. The SMILES string of the molecule is O=C(OCC1CCCCO1)C1CC(=O)N(Cc2ccccn2)C1. The van der Waals surface area contributed by atoms with Crippen LogP contribution in [-0.4, -0.2) is 47.6 Å². The second-order valence-electron chi connectivity index (χ2n) is 6.12. The van der Waals surface area contributed by atoms with Crippen LogP contribution in [0.5, 0.6) is 0 Å². The Morgan fingerprint density at radius 1 is 1.39 bits per heavy atom. The highest BCUT2D eigenvalue weighted by Gasteiger charge is 2.35. The van der Waals surface area contributed by atoms with E-state index in [1.807, 2.05) is 18.2 Å². The van der Waals surface area contributed by atoms with Gasteiger partial charge in [0.05, 0.1) is 24.3 Å². The van der Waals surface area contributed by atoms with Crippen molar-refractivity contribution in [2.45, 2.75) is 38.3 Å². The molecule has 3 heterocycles. The average Bonchev–Trinajstić information content (AvgIpc) is 2.95. The number of carbonyl (C=O) groups is 2. The van der Waals surface area contributed by atoms with Gasteiger partial charge in [-0.05, 0) is 31.4 Å².